The van der Waals surface area contributed by atoms with Crippen LogP contribution in [0.3, 0.4) is 0 Å². The Balaban J connectivity index is 1.67. The molecule has 150 valence electrons. The van der Waals surface area contributed by atoms with Crippen LogP contribution in [-0.2, 0) is 14.3 Å². The van der Waals surface area contributed by atoms with Crippen molar-refractivity contribution in [3.8, 4) is 0 Å². The van der Waals surface area contributed by atoms with Gasteiger partial charge in [0.05, 0.1) is 18.4 Å². The van der Waals surface area contributed by atoms with E-state index in [1.54, 1.807) is 19.1 Å². The van der Waals surface area contributed by atoms with Gasteiger partial charge in [-0.25, -0.2) is 4.68 Å². The molecule has 0 saturated heterocycles. The second kappa shape index (κ2) is 10.2. The van der Waals surface area contributed by atoms with Crippen molar-refractivity contribution in [2.75, 3.05) is 23.8 Å². The number of esters is 1. The van der Waals surface area contributed by atoms with E-state index >= 15 is 0 Å². The molecule has 1 aromatic heterocycles. The van der Waals surface area contributed by atoms with E-state index in [2.05, 4.69) is 15.5 Å². The Morgan fingerprint density at radius 3 is 2.68 bits per heavy atom. The number of amides is 1. The number of benzene rings is 1. The number of ether oxygens (including phenoxy) is 1. The lowest BCUT2D eigenvalue weighted by Crippen LogP contribution is -2.37. The van der Waals surface area contributed by atoms with E-state index in [1.165, 1.54) is 35.9 Å². The van der Waals surface area contributed by atoms with Gasteiger partial charge in [-0.1, -0.05) is 49.2 Å². The van der Waals surface area contributed by atoms with Crippen molar-refractivity contribution < 1.29 is 14.3 Å². The molecule has 0 aliphatic heterocycles. The average molecular weight is 404 g/mol. The third-order valence-corrected chi connectivity index (χ3v) is 5.59. The number of rotatable bonds is 8. The molecule has 1 fully saturated rings. The van der Waals surface area contributed by atoms with Crippen molar-refractivity contribution in [3.05, 3.63) is 30.3 Å². The van der Waals surface area contributed by atoms with Gasteiger partial charge in [-0.05, 0) is 42.3 Å². The monoisotopic (exact) mass is 403 g/mol. The molecule has 0 unspecified atom stereocenters. The topological polar surface area (TPSA) is 90.2 Å². The summed E-state index contributed by atoms with van der Waals surface area (Å²) < 4.78 is 6.86. The molecule has 0 N–H and O–H groups in total. The zero-order valence-corrected chi connectivity index (χ0v) is 16.8. The number of para-hydroxylation sites is 1. The quantitative estimate of drug-likeness (QED) is 0.494. The third kappa shape index (κ3) is 5.31. The van der Waals surface area contributed by atoms with Gasteiger partial charge < -0.3 is 9.64 Å². The molecule has 1 saturated carbocycles. The molecular formula is C19H25N5O3S. The van der Waals surface area contributed by atoms with E-state index in [4.69, 9.17) is 4.74 Å². The van der Waals surface area contributed by atoms with E-state index in [0.717, 1.165) is 12.8 Å². The fourth-order valence-electron chi connectivity index (χ4n) is 3.31. The lowest BCUT2D eigenvalue weighted by molar-refractivity contribution is -0.142. The van der Waals surface area contributed by atoms with Gasteiger partial charge >= 0.3 is 5.97 Å². The molecule has 1 aliphatic carbocycles. The van der Waals surface area contributed by atoms with E-state index in [0.29, 0.717) is 16.9 Å². The number of anilines is 1. The van der Waals surface area contributed by atoms with Gasteiger partial charge in [0.15, 0.2) is 0 Å². The molecule has 1 aliphatic rings. The minimum absolute atomic E-state index is 0.120. The molecule has 3 rings (SSSR count). The number of nitrogens with zero attached hydrogens (tertiary/aromatic N) is 5. The fourth-order valence-corrected chi connectivity index (χ4v) is 4.13. The number of thioether (sulfide) groups is 1. The summed E-state index contributed by atoms with van der Waals surface area (Å²) in [6, 6.07) is 9.42. The van der Waals surface area contributed by atoms with Crippen molar-refractivity contribution in [3.63, 3.8) is 0 Å². The third-order valence-electron chi connectivity index (χ3n) is 4.67. The van der Waals surface area contributed by atoms with Crippen molar-refractivity contribution in [1.29, 1.82) is 0 Å². The minimum Gasteiger partial charge on any atom is -0.465 e. The molecular weight excluding hydrogens is 378 g/mol. The summed E-state index contributed by atoms with van der Waals surface area (Å²) in [5.41, 5.74) is 0.660. The van der Waals surface area contributed by atoms with Gasteiger partial charge in [-0.2, -0.15) is 0 Å². The van der Waals surface area contributed by atoms with Gasteiger partial charge in [0.25, 0.3) is 0 Å². The standard InChI is InChI=1S/C19H25N5O3S/c1-2-27-18(26)13-23(15-9-5-3-6-10-15)17(25)14-28-19-20-21-22-24(19)16-11-7-4-8-12-16/h3,5-6,9-10,16H,2,4,7-8,11-14H2,1H3. The first-order valence-corrected chi connectivity index (χ1v) is 10.6. The van der Waals surface area contributed by atoms with Crippen LogP contribution in [0.5, 0.6) is 0 Å². The molecule has 9 heteroatoms. The van der Waals surface area contributed by atoms with E-state index in [-0.39, 0.29) is 24.8 Å². The predicted octanol–water partition coefficient (Wildman–Crippen LogP) is 2.87. The number of hydrogen-bond acceptors (Lipinski definition) is 7. The summed E-state index contributed by atoms with van der Waals surface area (Å²) in [5.74, 6) is -0.485. The zero-order chi connectivity index (χ0) is 19.8. The maximum atomic E-state index is 12.9. The summed E-state index contributed by atoms with van der Waals surface area (Å²) in [4.78, 5) is 26.3. The van der Waals surface area contributed by atoms with E-state index in [1.807, 2.05) is 22.9 Å². The lowest BCUT2D eigenvalue weighted by atomic mass is 9.96. The number of carbonyl (C=O) groups is 2. The van der Waals surface area contributed by atoms with Crippen LogP contribution in [0.15, 0.2) is 35.5 Å². The molecule has 1 amide bonds. The van der Waals surface area contributed by atoms with Crippen LogP contribution in [-0.4, -0.2) is 51.0 Å². The Morgan fingerprint density at radius 2 is 1.96 bits per heavy atom. The molecule has 0 radical (unpaired) electrons. The first-order valence-electron chi connectivity index (χ1n) is 9.60. The van der Waals surface area contributed by atoms with E-state index < -0.39 is 5.97 Å². The van der Waals surface area contributed by atoms with Crippen molar-refractivity contribution >= 4 is 29.3 Å². The lowest BCUT2D eigenvalue weighted by Gasteiger charge is -2.23. The average Bonchev–Trinajstić information content (AvgIpc) is 3.20. The maximum absolute atomic E-state index is 12.9. The second-order valence-electron chi connectivity index (χ2n) is 6.61. The van der Waals surface area contributed by atoms with Crippen LogP contribution in [0.25, 0.3) is 0 Å². The normalized spacial score (nSPS) is 14.6. The van der Waals surface area contributed by atoms with Crippen LogP contribution < -0.4 is 4.90 Å². The van der Waals surface area contributed by atoms with Gasteiger partial charge in [0.2, 0.25) is 11.1 Å². The molecule has 0 atom stereocenters. The summed E-state index contributed by atoms with van der Waals surface area (Å²) >= 11 is 1.30. The van der Waals surface area contributed by atoms with Crippen LogP contribution in [0.2, 0.25) is 0 Å². The number of tetrazole rings is 1. The molecule has 2 aromatic rings. The summed E-state index contributed by atoms with van der Waals surface area (Å²) in [5, 5.41) is 12.7. The summed E-state index contributed by atoms with van der Waals surface area (Å²) in [7, 11) is 0. The fraction of sp³-hybridized carbons (Fsp3) is 0.526. The Hall–Kier alpha value is -2.42. The van der Waals surface area contributed by atoms with Crippen LogP contribution in [0.1, 0.15) is 45.1 Å². The Labute approximate surface area is 168 Å². The number of carbonyl (C=O) groups excluding carboxylic acids is 2. The first-order chi connectivity index (χ1) is 13.7. The predicted molar refractivity (Wildman–Crippen MR) is 106 cm³/mol. The highest BCUT2D eigenvalue weighted by Gasteiger charge is 2.23. The number of aromatic nitrogens is 4. The maximum Gasteiger partial charge on any atom is 0.326 e. The molecule has 0 spiro atoms. The van der Waals surface area contributed by atoms with Gasteiger partial charge in [0, 0.05) is 5.69 Å². The smallest absolute Gasteiger partial charge is 0.326 e. The summed E-state index contributed by atoms with van der Waals surface area (Å²) in [6.07, 6.45) is 5.72. The molecule has 1 aromatic carbocycles. The Bertz CT molecular complexity index is 777. The first kappa shape index (κ1) is 20.3. The van der Waals surface area contributed by atoms with Crippen LogP contribution in [0.4, 0.5) is 5.69 Å². The summed E-state index contributed by atoms with van der Waals surface area (Å²) in [6.45, 7) is 1.90. The van der Waals surface area contributed by atoms with Crippen LogP contribution in [0, 0.1) is 0 Å². The highest BCUT2D eigenvalue weighted by atomic mass is 32.2. The highest BCUT2D eigenvalue weighted by molar-refractivity contribution is 7.99. The Kier molecular flexibility index (Phi) is 7.41. The molecule has 1 heterocycles. The number of hydrogen-bond donors (Lipinski definition) is 0. The molecule has 0 bridgehead atoms. The minimum atomic E-state index is -0.434. The van der Waals surface area contributed by atoms with Gasteiger partial charge in [-0.15, -0.1) is 5.10 Å². The largest absolute Gasteiger partial charge is 0.465 e. The van der Waals surface area contributed by atoms with Crippen molar-refractivity contribution in [1.82, 2.24) is 20.2 Å². The highest BCUT2D eigenvalue weighted by Crippen LogP contribution is 2.30. The van der Waals surface area contributed by atoms with Crippen molar-refractivity contribution in [2.24, 2.45) is 0 Å². The Morgan fingerprint density at radius 1 is 1.21 bits per heavy atom. The van der Waals surface area contributed by atoms with Gasteiger partial charge in [0.1, 0.15) is 6.54 Å². The zero-order valence-electron chi connectivity index (χ0n) is 16.0. The van der Waals surface area contributed by atoms with E-state index in [9.17, 15) is 9.59 Å². The SMILES string of the molecule is CCOC(=O)CN(C(=O)CSc1nnnn1C1CCCCC1)c1ccccc1. The van der Waals surface area contributed by atoms with Crippen molar-refractivity contribution in [2.45, 2.75) is 50.2 Å². The second-order valence-corrected chi connectivity index (χ2v) is 7.55. The molecule has 8 nitrogen and oxygen atoms in total. The molecule has 28 heavy (non-hydrogen) atoms. The van der Waals surface area contributed by atoms with Gasteiger partial charge in [-0.3, -0.25) is 9.59 Å². The van der Waals surface area contributed by atoms with Crippen LogP contribution >= 0.6 is 11.8 Å².